The van der Waals surface area contributed by atoms with Crippen molar-refractivity contribution in [3.8, 4) is 6.19 Å². The predicted molar refractivity (Wildman–Crippen MR) is 112 cm³/mol. The number of hydrogen-bond acceptors (Lipinski definition) is 3. The highest BCUT2D eigenvalue weighted by Crippen LogP contribution is 2.36. The van der Waals surface area contributed by atoms with Gasteiger partial charge in [-0.15, -0.1) is 4.95 Å². The number of alkyl halides is 3. The lowest BCUT2D eigenvalue weighted by Crippen LogP contribution is -2.04. The first-order chi connectivity index (χ1) is 14.8. The average molecular weight is 412 g/mol. The van der Waals surface area contributed by atoms with Gasteiger partial charge in [-0.25, -0.2) is 0 Å². The summed E-state index contributed by atoms with van der Waals surface area (Å²) >= 11 is 0. The van der Waals surface area contributed by atoms with Crippen molar-refractivity contribution < 1.29 is 13.2 Å². The zero-order valence-corrected chi connectivity index (χ0v) is 16.0. The third-order valence-corrected chi connectivity index (χ3v) is 5.59. The fourth-order valence-electron chi connectivity index (χ4n) is 4.29. The summed E-state index contributed by atoms with van der Waals surface area (Å²) in [4.78, 5) is 7.10. The number of nitrogens with zero attached hydrogens (tertiary/aromatic N) is 4. The van der Waals surface area contributed by atoms with Crippen LogP contribution in [-0.4, -0.2) is 0 Å². The number of nitriles is 1. The molecule has 0 atom stereocenters. The molecule has 0 aliphatic carbocycles. The quantitative estimate of drug-likeness (QED) is 0.185. The summed E-state index contributed by atoms with van der Waals surface area (Å²) in [5.41, 5.74) is 0.253. The van der Waals surface area contributed by atoms with E-state index in [0.717, 1.165) is 33.9 Å². The van der Waals surface area contributed by atoms with Crippen LogP contribution < -0.4 is 10.7 Å². The Morgan fingerprint density at radius 3 is 2.03 bits per heavy atom. The summed E-state index contributed by atoms with van der Waals surface area (Å²) < 4.78 is 40.0. The Morgan fingerprint density at radius 1 is 0.806 bits per heavy atom. The molecule has 31 heavy (non-hydrogen) atoms. The Labute approximate surface area is 173 Å². The van der Waals surface area contributed by atoms with Gasteiger partial charge >= 0.3 is 6.18 Å². The topological polar surface area (TPSA) is 52.9 Å². The van der Waals surface area contributed by atoms with E-state index in [-0.39, 0.29) is 0 Å². The molecule has 0 unspecified atom stereocenters. The number of halogens is 3. The van der Waals surface area contributed by atoms with Crippen molar-refractivity contribution in [3.05, 3.63) is 81.9 Å². The van der Waals surface area contributed by atoms with E-state index in [9.17, 15) is 18.4 Å². The molecule has 5 aromatic rings. The maximum absolute atomic E-state index is 13.3. The molecular formula is C24H11F3N4. The number of benzene rings is 3. The second-order valence-corrected chi connectivity index (χ2v) is 7.36. The van der Waals surface area contributed by atoms with Gasteiger partial charge in [0.05, 0.1) is 16.0 Å². The van der Waals surface area contributed by atoms with Crippen molar-refractivity contribution in [2.24, 2.45) is 10.1 Å². The van der Waals surface area contributed by atoms with Gasteiger partial charge in [-0.3, -0.25) is 0 Å². The number of hydrogen-bond donors (Lipinski definition) is 0. The second-order valence-electron chi connectivity index (χ2n) is 7.36. The first kappa shape index (κ1) is 18.8. The van der Waals surface area contributed by atoms with Gasteiger partial charge in [-0.2, -0.15) is 30.0 Å². The Hall–Kier alpha value is -4.23. The highest BCUT2D eigenvalue weighted by atomic mass is 19.4. The maximum atomic E-state index is 13.3. The van der Waals surface area contributed by atoms with Crippen LogP contribution in [0.3, 0.4) is 0 Å². The van der Waals surface area contributed by atoms with Crippen LogP contribution in [0.4, 0.5) is 13.2 Å². The van der Waals surface area contributed by atoms with E-state index in [2.05, 4.69) is 15.0 Å². The molecule has 0 saturated carbocycles. The molecule has 148 valence electrons. The monoisotopic (exact) mass is 412 g/mol. The van der Waals surface area contributed by atoms with Crippen molar-refractivity contribution in [2.75, 3.05) is 0 Å². The minimum Gasteiger partial charge on any atom is -0.181 e. The third kappa shape index (κ3) is 2.68. The number of aryl methyl sites for hydroxylation is 1. The van der Waals surface area contributed by atoms with Crippen molar-refractivity contribution in [2.45, 2.75) is 13.1 Å². The molecule has 0 aliphatic heterocycles. The first-order valence-corrected chi connectivity index (χ1v) is 9.27. The smallest absolute Gasteiger partial charge is 0.181 e. The van der Waals surface area contributed by atoms with Crippen molar-refractivity contribution in [1.82, 2.24) is 0 Å². The van der Waals surface area contributed by atoms with Crippen LogP contribution in [0.2, 0.25) is 0 Å². The number of fused-ring (bicyclic) bond motifs is 6. The van der Waals surface area contributed by atoms with E-state index in [4.69, 9.17) is 6.57 Å². The fraction of sp³-hybridized carbons (Fsp3) is 0.0833. The maximum Gasteiger partial charge on any atom is 0.416 e. The minimum atomic E-state index is -4.49. The summed E-state index contributed by atoms with van der Waals surface area (Å²) in [5.74, 6) is 0. The van der Waals surface area contributed by atoms with Gasteiger partial charge < -0.3 is 0 Å². The van der Waals surface area contributed by atoms with Gasteiger partial charge in [0.2, 0.25) is 6.19 Å². The van der Waals surface area contributed by atoms with Crippen molar-refractivity contribution >= 4 is 43.1 Å². The molecule has 5 rings (SSSR count). The molecule has 0 aromatic heterocycles. The van der Waals surface area contributed by atoms with Crippen LogP contribution >= 0.6 is 0 Å². The molecule has 0 amide bonds. The van der Waals surface area contributed by atoms with E-state index in [1.807, 2.05) is 31.2 Å². The Kier molecular flexibility index (Phi) is 3.87. The summed E-state index contributed by atoms with van der Waals surface area (Å²) in [6.45, 7) is 9.16. The zero-order valence-electron chi connectivity index (χ0n) is 16.0. The molecule has 0 saturated heterocycles. The lowest BCUT2D eigenvalue weighted by Gasteiger charge is -2.06. The third-order valence-electron chi connectivity index (χ3n) is 5.59. The highest BCUT2D eigenvalue weighted by Gasteiger charge is 2.31. The summed E-state index contributed by atoms with van der Waals surface area (Å²) in [6.07, 6.45) is -2.73. The zero-order chi connectivity index (χ0) is 21.9. The summed E-state index contributed by atoms with van der Waals surface area (Å²) in [7, 11) is 0. The van der Waals surface area contributed by atoms with E-state index in [1.165, 1.54) is 6.07 Å². The van der Waals surface area contributed by atoms with Crippen LogP contribution in [0.5, 0.6) is 0 Å². The normalized spacial score (nSPS) is 13.5. The van der Waals surface area contributed by atoms with Crippen molar-refractivity contribution in [1.29, 1.82) is 5.26 Å². The average Bonchev–Trinajstić information content (AvgIpc) is 3.19. The molecule has 0 fully saturated rings. The van der Waals surface area contributed by atoms with Gasteiger partial charge in [0.1, 0.15) is 0 Å². The van der Waals surface area contributed by atoms with E-state index in [0.29, 0.717) is 37.6 Å². The second kappa shape index (κ2) is 6.38. The standard InChI is InChI=1S/C24H11F3N4/c1-12-3-5-15-16(7-12)18-9-20-19(10-21(18)23(15)31-29-2)17-8-13(24(25,26)27)4-6-14(17)22(20)30-11-28/h3-10H,1H3/b30-22?,31-23+. The van der Waals surface area contributed by atoms with Gasteiger partial charge in [0, 0.05) is 21.5 Å². The molecular weight excluding hydrogens is 401 g/mol. The minimum absolute atomic E-state index is 0.341. The molecule has 0 bridgehead atoms. The lowest BCUT2D eigenvalue weighted by molar-refractivity contribution is -0.137. The number of rotatable bonds is 0. The van der Waals surface area contributed by atoms with Crippen LogP contribution in [-0.2, 0) is 6.18 Å². The van der Waals surface area contributed by atoms with Crippen LogP contribution in [0.15, 0.2) is 58.6 Å². The van der Waals surface area contributed by atoms with Crippen LogP contribution in [0.1, 0.15) is 11.1 Å². The van der Waals surface area contributed by atoms with Gasteiger partial charge in [-0.1, -0.05) is 29.8 Å². The van der Waals surface area contributed by atoms with Gasteiger partial charge in [0.25, 0.3) is 0 Å². The Morgan fingerprint density at radius 2 is 1.39 bits per heavy atom. The van der Waals surface area contributed by atoms with Crippen molar-refractivity contribution in [3.63, 3.8) is 0 Å². The molecule has 0 heterocycles. The largest absolute Gasteiger partial charge is 0.416 e. The van der Waals surface area contributed by atoms with E-state index < -0.39 is 11.7 Å². The molecule has 0 N–H and O–H groups in total. The molecule has 5 aromatic carbocycles. The summed E-state index contributed by atoms with van der Waals surface area (Å²) in [5, 5.41) is 19.1. The van der Waals surface area contributed by atoms with Crippen LogP contribution in [0.25, 0.3) is 48.0 Å². The fourth-order valence-corrected chi connectivity index (χ4v) is 4.29. The molecule has 0 radical (unpaired) electrons. The Balaban J connectivity index is 2.07. The molecule has 0 spiro atoms. The summed E-state index contributed by atoms with van der Waals surface area (Å²) in [6, 6.07) is 12.8. The SMILES string of the molecule is [C-]#[N+]/N=c1\c2ccc(C)cc2c2cc3c(=NC#N)c4ccc(C(F)(F)F)cc4c3cc12. The molecule has 4 nitrogen and oxygen atoms in total. The lowest BCUT2D eigenvalue weighted by atomic mass is 10.1. The van der Waals surface area contributed by atoms with E-state index >= 15 is 0 Å². The van der Waals surface area contributed by atoms with E-state index in [1.54, 1.807) is 12.3 Å². The molecule has 0 aliphatic rings. The molecule has 7 heteroatoms. The Bertz CT molecular complexity index is 1750. The van der Waals surface area contributed by atoms with Crippen LogP contribution in [0, 0.1) is 25.0 Å². The van der Waals surface area contributed by atoms with Gasteiger partial charge in [0.15, 0.2) is 5.36 Å². The highest BCUT2D eigenvalue weighted by molar-refractivity contribution is 6.21. The first-order valence-electron chi connectivity index (χ1n) is 9.27. The van der Waals surface area contributed by atoms with Gasteiger partial charge in [-0.05, 0) is 52.7 Å². The predicted octanol–water partition coefficient (Wildman–Crippen LogP) is 5.62.